The average Bonchev–Trinajstić information content (AvgIpc) is 2.74. The summed E-state index contributed by atoms with van der Waals surface area (Å²) < 4.78 is 35.0. The van der Waals surface area contributed by atoms with Gasteiger partial charge in [-0.15, -0.1) is 0 Å². The zero-order valence-corrected chi connectivity index (χ0v) is 18.5. The highest BCUT2D eigenvalue weighted by molar-refractivity contribution is 7.85. The van der Waals surface area contributed by atoms with E-state index < -0.39 is 28.6 Å². The summed E-state index contributed by atoms with van der Waals surface area (Å²) in [5.74, 6) is -0.849. The van der Waals surface area contributed by atoms with Gasteiger partial charge in [-0.2, -0.15) is 8.42 Å². The molecule has 2 rings (SSSR count). The van der Waals surface area contributed by atoms with Crippen LogP contribution in [0.5, 0.6) is 0 Å². The van der Waals surface area contributed by atoms with E-state index in [1.807, 2.05) is 30.3 Å². The number of carbonyl (C=O) groups excluding carboxylic acids is 2. The molecule has 0 bridgehead atoms. The van der Waals surface area contributed by atoms with Crippen LogP contribution in [0.2, 0.25) is 0 Å². The lowest BCUT2D eigenvalue weighted by molar-refractivity contribution is -0.121. The van der Waals surface area contributed by atoms with Gasteiger partial charge in [0, 0.05) is 20.0 Å². The lowest BCUT2D eigenvalue weighted by Crippen LogP contribution is -2.33. The van der Waals surface area contributed by atoms with Crippen molar-refractivity contribution in [3.05, 3.63) is 71.3 Å². The summed E-state index contributed by atoms with van der Waals surface area (Å²) in [6, 6.07) is 18.2. The summed E-state index contributed by atoms with van der Waals surface area (Å²) in [4.78, 5) is 24.8. The molecule has 0 heterocycles. The van der Waals surface area contributed by atoms with Gasteiger partial charge in [0.2, 0.25) is 0 Å². The Bertz CT molecular complexity index is 942. The molecular formula is C23H29NO6S. The molecular weight excluding hydrogens is 418 g/mol. The van der Waals surface area contributed by atoms with E-state index in [-0.39, 0.29) is 18.7 Å². The van der Waals surface area contributed by atoms with Gasteiger partial charge < -0.3 is 9.64 Å². The molecule has 0 saturated carbocycles. The van der Waals surface area contributed by atoms with E-state index in [0.29, 0.717) is 0 Å². The van der Waals surface area contributed by atoms with Gasteiger partial charge in [0.05, 0.1) is 5.75 Å². The molecule has 0 atom stereocenters. The molecule has 1 amide bonds. The molecule has 7 nitrogen and oxygen atoms in total. The van der Waals surface area contributed by atoms with Crippen molar-refractivity contribution >= 4 is 22.0 Å². The number of ketones is 1. The van der Waals surface area contributed by atoms with E-state index in [1.54, 1.807) is 0 Å². The van der Waals surface area contributed by atoms with Crippen molar-refractivity contribution in [2.24, 2.45) is 0 Å². The largest absolute Gasteiger partial charge is 0.441 e. The number of ether oxygens (including phenoxy) is 1. The molecule has 31 heavy (non-hydrogen) atoms. The van der Waals surface area contributed by atoms with E-state index in [1.165, 1.54) is 18.2 Å². The summed E-state index contributed by atoms with van der Waals surface area (Å²) in [6.07, 6.45) is 3.59. The summed E-state index contributed by atoms with van der Waals surface area (Å²) in [5.41, 5.74) is 3.41. The van der Waals surface area contributed by atoms with Gasteiger partial charge in [-0.3, -0.25) is 9.35 Å². The van der Waals surface area contributed by atoms with E-state index in [4.69, 9.17) is 9.29 Å². The molecule has 0 saturated heterocycles. The predicted octanol–water partition coefficient (Wildman–Crippen LogP) is 3.32. The molecule has 0 aromatic heterocycles. The van der Waals surface area contributed by atoms with Crippen molar-refractivity contribution < 1.29 is 27.3 Å². The minimum atomic E-state index is -4.17. The number of Topliss-reactive ketones (excluding diaryl/α,β-unsaturated/α-hetero) is 1. The monoisotopic (exact) mass is 447 g/mol. The summed E-state index contributed by atoms with van der Waals surface area (Å²) in [6.45, 7) is -0.616. The van der Waals surface area contributed by atoms with Gasteiger partial charge in [0.1, 0.15) is 0 Å². The topological polar surface area (TPSA) is 101 Å². The highest BCUT2D eigenvalue weighted by atomic mass is 32.2. The Labute approximate surface area is 183 Å². The maximum atomic E-state index is 12.1. The van der Waals surface area contributed by atoms with Gasteiger partial charge in [-0.1, -0.05) is 54.6 Å². The Kier molecular flexibility index (Phi) is 9.68. The average molecular weight is 448 g/mol. The Morgan fingerprint density at radius 2 is 1.45 bits per heavy atom. The van der Waals surface area contributed by atoms with Crippen LogP contribution in [0.3, 0.4) is 0 Å². The number of amides is 1. The molecule has 0 aliphatic carbocycles. The zero-order chi connectivity index (χ0) is 22.7. The molecule has 0 unspecified atom stereocenters. The van der Waals surface area contributed by atoms with Crippen molar-refractivity contribution in [3.8, 4) is 0 Å². The first kappa shape index (κ1) is 24.6. The molecule has 0 fully saturated rings. The summed E-state index contributed by atoms with van der Waals surface area (Å²) in [5, 5.41) is 0. The van der Waals surface area contributed by atoms with Crippen molar-refractivity contribution in [1.29, 1.82) is 0 Å². The smallest absolute Gasteiger partial charge is 0.409 e. The lowest BCUT2D eigenvalue weighted by atomic mass is 10.0. The minimum Gasteiger partial charge on any atom is -0.441 e. The van der Waals surface area contributed by atoms with E-state index in [9.17, 15) is 18.0 Å². The molecule has 0 aliphatic heterocycles. The maximum Gasteiger partial charge on any atom is 0.409 e. The second-order valence-corrected chi connectivity index (χ2v) is 9.06. The molecule has 1 N–H and O–H groups in total. The van der Waals surface area contributed by atoms with Crippen LogP contribution in [0, 0.1) is 0 Å². The Morgan fingerprint density at radius 3 is 2.03 bits per heavy atom. The highest BCUT2D eigenvalue weighted by Gasteiger charge is 2.15. The first-order valence-electron chi connectivity index (χ1n) is 10.2. The Morgan fingerprint density at radius 1 is 0.903 bits per heavy atom. The summed E-state index contributed by atoms with van der Waals surface area (Å²) in [7, 11) is -2.84. The maximum absolute atomic E-state index is 12.1. The van der Waals surface area contributed by atoms with Crippen LogP contribution in [0.4, 0.5) is 4.79 Å². The van der Waals surface area contributed by atoms with Crippen molar-refractivity contribution in [2.75, 3.05) is 26.0 Å². The Balaban J connectivity index is 1.67. The fourth-order valence-electron chi connectivity index (χ4n) is 3.00. The fourth-order valence-corrected chi connectivity index (χ4v) is 3.51. The third-order valence-electron chi connectivity index (χ3n) is 4.80. The number of hydrogen-bond donors (Lipinski definition) is 1. The predicted molar refractivity (Wildman–Crippen MR) is 119 cm³/mol. The zero-order valence-electron chi connectivity index (χ0n) is 17.7. The van der Waals surface area contributed by atoms with Crippen molar-refractivity contribution in [2.45, 2.75) is 32.1 Å². The normalized spacial score (nSPS) is 11.2. The van der Waals surface area contributed by atoms with E-state index in [2.05, 4.69) is 24.3 Å². The van der Waals surface area contributed by atoms with Gasteiger partial charge >= 0.3 is 6.09 Å². The van der Waals surface area contributed by atoms with Crippen LogP contribution in [0.25, 0.3) is 0 Å². The number of benzene rings is 2. The van der Waals surface area contributed by atoms with Crippen LogP contribution in [0.15, 0.2) is 54.6 Å². The minimum absolute atomic E-state index is 0.149. The quantitative estimate of drug-likeness (QED) is 0.396. The first-order chi connectivity index (χ1) is 14.7. The van der Waals surface area contributed by atoms with Gasteiger partial charge in [0.15, 0.2) is 12.4 Å². The third-order valence-corrected chi connectivity index (χ3v) is 5.50. The van der Waals surface area contributed by atoms with Crippen LogP contribution in [0.1, 0.15) is 29.5 Å². The number of nitrogens with zero attached hydrogens (tertiary/aromatic N) is 1. The number of carbonyl (C=O) groups is 2. The van der Waals surface area contributed by atoms with E-state index in [0.717, 1.165) is 36.1 Å². The standard InChI is InChI=1S/C23H29NO6S/c1-24(15-16-31(27,28)29)23(26)30-18-22(25)17-21-13-11-20(12-14-21)10-6-5-9-19-7-3-2-4-8-19/h2-4,7-8,11-14H,5-6,9-10,15-18H2,1H3,(H,27,28,29). The highest BCUT2D eigenvalue weighted by Crippen LogP contribution is 2.11. The SMILES string of the molecule is CN(CCS(=O)(=O)O)C(=O)OCC(=O)Cc1ccc(CCCCc2ccccc2)cc1. The van der Waals surface area contributed by atoms with Gasteiger partial charge in [-0.05, 0) is 42.4 Å². The molecule has 168 valence electrons. The molecule has 0 aliphatic rings. The first-order valence-corrected chi connectivity index (χ1v) is 11.8. The fraction of sp³-hybridized carbons (Fsp3) is 0.391. The van der Waals surface area contributed by atoms with Crippen LogP contribution in [-0.4, -0.2) is 55.7 Å². The van der Waals surface area contributed by atoms with Crippen LogP contribution < -0.4 is 0 Å². The van der Waals surface area contributed by atoms with Gasteiger partial charge in [-0.25, -0.2) is 4.79 Å². The molecule has 0 radical (unpaired) electrons. The molecule has 0 spiro atoms. The third kappa shape index (κ3) is 10.2. The second kappa shape index (κ2) is 12.2. The number of aryl methyl sites for hydroxylation is 2. The van der Waals surface area contributed by atoms with Crippen LogP contribution >= 0.6 is 0 Å². The van der Waals surface area contributed by atoms with E-state index >= 15 is 0 Å². The van der Waals surface area contributed by atoms with Crippen molar-refractivity contribution in [3.63, 3.8) is 0 Å². The number of rotatable bonds is 12. The molecule has 2 aromatic rings. The van der Waals surface area contributed by atoms with Crippen LogP contribution in [-0.2, 0) is 38.9 Å². The molecule has 2 aromatic carbocycles. The molecule has 8 heteroatoms. The summed E-state index contributed by atoms with van der Waals surface area (Å²) >= 11 is 0. The number of unbranched alkanes of at least 4 members (excludes halogenated alkanes) is 1. The second-order valence-electron chi connectivity index (χ2n) is 7.49. The number of hydrogen-bond acceptors (Lipinski definition) is 5. The lowest BCUT2D eigenvalue weighted by Gasteiger charge is -2.15. The van der Waals surface area contributed by atoms with Crippen molar-refractivity contribution in [1.82, 2.24) is 4.90 Å². The Hall–Kier alpha value is -2.71. The van der Waals surface area contributed by atoms with Gasteiger partial charge in [0.25, 0.3) is 10.1 Å².